The summed E-state index contributed by atoms with van der Waals surface area (Å²) < 4.78 is 0. The van der Waals surface area contributed by atoms with Crippen molar-refractivity contribution in [3.05, 3.63) is 0 Å². The number of rotatable bonds is 16. The number of hydrogen-bond donors (Lipinski definition) is 7. The summed E-state index contributed by atoms with van der Waals surface area (Å²) >= 11 is 1.48. The minimum absolute atomic E-state index is 0.0919. The highest BCUT2D eigenvalue weighted by Gasteiger charge is 2.30. The fourth-order valence-corrected chi connectivity index (χ4v) is 3.29. The molecule has 12 nitrogen and oxygen atoms in total. The summed E-state index contributed by atoms with van der Waals surface area (Å²) in [6.07, 6.45) is 2.95. The molecule has 0 rings (SSSR count). The second kappa shape index (κ2) is 16.1. The first-order valence-corrected chi connectivity index (χ1v) is 12.2. The van der Waals surface area contributed by atoms with Crippen molar-refractivity contribution in [2.24, 2.45) is 28.1 Å². The van der Waals surface area contributed by atoms with Gasteiger partial charge in [-0.15, -0.1) is 0 Å². The lowest BCUT2D eigenvalue weighted by Gasteiger charge is -2.25. The number of nitrogens with one attached hydrogen (secondary N) is 3. The number of carbonyl (C=O) groups excluding carboxylic acids is 3. The van der Waals surface area contributed by atoms with Crippen LogP contribution in [0.1, 0.15) is 46.5 Å². The van der Waals surface area contributed by atoms with Crippen LogP contribution in [0.2, 0.25) is 0 Å². The zero-order valence-corrected chi connectivity index (χ0v) is 20.6. The van der Waals surface area contributed by atoms with Crippen LogP contribution in [0, 0.1) is 5.92 Å². The van der Waals surface area contributed by atoms with Gasteiger partial charge in [0.15, 0.2) is 5.96 Å². The SMILES string of the molecule is CSCCC(NC(=O)C(CC(C)C)NC(=O)C(C)N)C(=O)NC(CCCN=C(N)N)C(=O)O. The number of carboxylic acid groups (broad SMARTS) is 1. The summed E-state index contributed by atoms with van der Waals surface area (Å²) in [6.45, 7) is 5.53. The number of guanidine groups is 1. The van der Waals surface area contributed by atoms with E-state index in [0.29, 0.717) is 18.6 Å². The van der Waals surface area contributed by atoms with Crippen molar-refractivity contribution in [1.82, 2.24) is 16.0 Å². The maximum absolute atomic E-state index is 12.9. The molecule has 0 heterocycles. The molecular formula is C20H39N7O5S. The van der Waals surface area contributed by atoms with Gasteiger partial charge in [-0.3, -0.25) is 19.4 Å². The summed E-state index contributed by atoms with van der Waals surface area (Å²) in [4.78, 5) is 53.2. The topological polar surface area (TPSA) is 215 Å². The monoisotopic (exact) mass is 489 g/mol. The van der Waals surface area contributed by atoms with Gasteiger partial charge >= 0.3 is 5.97 Å². The zero-order chi connectivity index (χ0) is 25.6. The average Bonchev–Trinajstić information content (AvgIpc) is 2.71. The average molecular weight is 490 g/mol. The smallest absolute Gasteiger partial charge is 0.326 e. The van der Waals surface area contributed by atoms with E-state index in [-0.39, 0.29) is 31.3 Å². The normalized spacial score (nSPS) is 14.5. The molecule has 4 unspecified atom stereocenters. The van der Waals surface area contributed by atoms with E-state index >= 15 is 0 Å². The third-order valence-electron chi connectivity index (χ3n) is 4.56. The number of carboxylic acids is 1. The third-order valence-corrected chi connectivity index (χ3v) is 5.20. The molecule has 0 spiro atoms. The number of amides is 3. The number of nitrogens with two attached hydrogens (primary N) is 3. The van der Waals surface area contributed by atoms with Crippen LogP contribution in [0.3, 0.4) is 0 Å². The van der Waals surface area contributed by atoms with Gasteiger partial charge in [0.25, 0.3) is 0 Å². The van der Waals surface area contributed by atoms with E-state index in [2.05, 4.69) is 20.9 Å². The molecule has 4 atom stereocenters. The molecule has 33 heavy (non-hydrogen) atoms. The van der Waals surface area contributed by atoms with E-state index in [0.717, 1.165) is 0 Å². The van der Waals surface area contributed by atoms with Gasteiger partial charge in [0.1, 0.15) is 18.1 Å². The van der Waals surface area contributed by atoms with Crippen LogP contribution in [0.25, 0.3) is 0 Å². The number of aliphatic imine (C=N–C) groups is 1. The van der Waals surface area contributed by atoms with E-state index in [9.17, 15) is 24.3 Å². The van der Waals surface area contributed by atoms with Crippen molar-refractivity contribution in [3.8, 4) is 0 Å². The lowest BCUT2D eigenvalue weighted by atomic mass is 10.0. The molecule has 0 fully saturated rings. The van der Waals surface area contributed by atoms with Crippen LogP contribution in [-0.4, -0.2) is 77.5 Å². The maximum Gasteiger partial charge on any atom is 0.326 e. The molecule has 0 radical (unpaired) electrons. The zero-order valence-electron chi connectivity index (χ0n) is 19.8. The molecule has 0 aromatic rings. The molecule has 0 saturated heterocycles. The largest absolute Gasteiger partial charge is 0.480 e. The summed E-state index contributed by atoms with van der Waals surface area (Å²) in [6, 6.07) is -3.79. The fraction of sp³-hybridized carbons (Fsp3) is 0.750. The van der Waals surface area contributed by atoms with Crippen LogP contribution < -0.4 is 33.2 Å². The first-order valence-electron chi connectivity index (χ1n) is 10.8. The highest BCUT2D eigenvalue weighted by atomic mass is 32.2. The number of nitrogens with zero attached hydrogens (tertiary/aromatic N) is 1. The van der Waals surface area contributed by atoms with Crippen LogP contribution in [0.5, 0.6) is 0 Å². The molecule has 0 aliphatic rings. The first kappa shape index (κ1) is 30.5. The quantitative estimate of drug-likeness (QED) is 0.0779. The molecule has 0 aliphatic heterocycles. The van der Waals surface area contributed by atoms with E-state index in [4.69, 9.17) is 17.2 Å². The molecular weight excluding hydrogens is 450 g/mol. The van der Waals surface area contributed by atoms with Crippen molar-refractivity contribution < 1.29 is 24.3 Å². The molecule has 0 aromatic heterocycles. The van der Waals surface area contributed by atoms with Crippen molar-refractivity contribution in [1.29, 1.82) is 0 Å². The van der Waals surface area contributed by atoms with Crippen LogP contribution in [0.15, 0.2) is 4.99 Å². The van der Waals surface area contributed by atoms with Gasteiger partial charge in [-0.1, -0.05) is 13.8 Å². The van der Waals surface area contributed by atoms with Gasteiger partial charge < -0.3 is 38.3 Å². The predicted octanol–water partition coefficient (Wildman–Crippen LogP) is -1.27. The van der Waals surface area contributed by atoms with Gasteiger partial charge in [-0.2, -0.15) is 11.8 Å². The third kappa shape index (κ3) is 13.6. The minimum Gasteiger partial charge on any atom is -0.480 e. The summed E-state index contributed by atoms with van der Waals surface area (Å²) in [7, 11) is 0. The Morgan fingerprint density at radius 2 is 1.45 bits per heavy atom. The second-order valence-corrected chi connectivity index (χ2v) is 9.16. The molecule has 10 N–H and O–H groups in total. The van der Waals surface area contributed by atoms with Crippen molar-refractivity contribution >= 4 is 41.4 Å². The summed E-state index contributed by atoms with van der Waals surface area (Å²) in [5.41, 5.74) is 16.1. The summed E-state index contributed by atoms with van der Waals surface area (Å²) in [5.74, 6) is -2.28. The Kier molecular flexibility index (Phi) is 14.9. The van der Waals surface area contributed by atoms with Gasteiger partial charge in [-0.25, -0.2) is 4.79 Å². The fourth-order valence-electron chi connectivity index (χ4n) is 2.82. The molecule has 0 saturated carbocycles. The molecule has 0 bridgehead atoms. The Balaban J connectivity index is 5.33. The van der Waals surface area contributed by atoms with Crippen LogP contribution >= 0.6 is 11.8 Å². The van der Waals surface area contributed by atoms with Gasteiger partial charge in [0, 0.05) is 6.54 Å². The molecule has 0 aromatic carbocycles. The Hall–Kier alpha value is -2.54. The molecule has 0 aliphatic carbocycles. The standard InChI is InChI=1S/C20H39N7O5S/c1-11(2)10-15(27-16(28)12(3)21)18(30)25-13(7-9-33-4)17(29)26-14(19(31)32)6-5-8-24-20(22)23/h11-15H,5-10,21H2,1-4H3,(H,25,30)(H,26,29)(H,27,28)(H,31,32)(H4,22,23,24). The number of carbonyl (C=O) groups is 4. The first-order chi connectivity index (χ1) is 15.4. The van der Waals surface area contributed by atoms with Gasteiger partial charge in [0.2, 0.25) is 17.7 Å². The molecule has 13 heteroatoms. The second-order valence-electron chi connectivity index (χ2n) is 8.17. The predicted molar refractivity (Wildman–Crippen MR) is 129 cm³/mol. The van der Waals surface area contributed by atoms with Gasteiger partial charge in [-0.05, 0) is 50.5 Å². The van der Waals surface area contributed by atoms with Crippen LogP contribution in [-0.2, 0) is 19.2 Å². The lowest BCUT2D eigenvalue weighted by Crippen LogP contribution is -2.57. The number of hydrogen-bond acceptors (Lipinski definition) is 7. The number of aliphatic carboxylic acids is 1. The lowest BCUT2D eigenvalue weighted by molar-refractivity contribution is -0.142. The van der Waals surface area contributed by atoms with Gasteiger partial charge in [0.05, 0.1) is 6.04 Å². The summed E-state index contributed by atoms with van der Waals surface area (Å²) in [5, 5.41) is 17.2. The Morgan fingerprint density at radius 1 is 0.909 bits per heavy atom. The highest BCUT2D eigenvalue weighted by molar-refractivity contribution is 7.98. The Labute approximate surface area is 199 Å². The van der Waals surface area contributed by atoms with Crippen LogP contribution in [0.4, 0.5) is 0 Å². The van der Waals surface area contributed by atoms with E-state index in [1.807, 2.05) is 20.1 Å². The Bertz CT molecular complexity index is 684. The highest BCUT2D eigenvalue weighted by Crippen LogP contribution is 2.08. The van der Waals surface area contributed by atoms with E-state index in [1.54, 1.807) is 0 Å². The van der Waals surface area contributed by atoms with E-state index < -0.39 is 47.9 Å². The molecule has 3 amide bonds. The van der Waals surface area contributed by atoms with Crippen molar-refractivity contribution in [2.45, 2.75) is 70.6 Å². The maximum atomic E-state index is 12.9. The van der Waals surface area contributed by atoms with E-state index in [1.165, 1.54) is 18.7 Å². The number of thioether (sulfide) groups is 1. The molecule has 190 valence electrons. The van der Waals surface area contributed by atoms with Crippen molar-refractivity contribution in [3.63, 3.8) is 0 Å². The van der Waals surface area contributed by atoms with Crippen molar-refractivity contribution in [2.75, 3.05) is 18.6 Å². The Morgan fingerprint density at radius 3 is 1.94 bits per heavy atom. The minimum atomic E-state index is -1.20.